The third kappa shape index (κ3) is 3.42. The first-order chi connectivity index (χ1) is 7.67. The quantitative estimate of drug-likeness (QED) is 0.642. The van der Waals surface area contributed by atoms with Gasteiger partial charge in [-0.2, -0.15) is 0 Å². The van der Waals surface area contributed by atoms with Crippen LogP contribution in [0.15, 0.2) is 30.3 Å². The number of anilines is 1. The second-order valence-electron chi connectivity index (χ2n) is 2.94. The van der Waals surface area contributed by atoms with E-state index in [9.17, 15) is 9.59 Å². The Labute approximate surface area is 97.9 Å². The number of methoxy groups -OCH3 is 1. The fourth-order valence-electron chi connectivity index (χ4n) is 1.09. The summed E-state index contributed by atoms with van der Waals surface area (Å²) in [6, 6.07) is 5.88. The largest absolute Gasteiger partial charge is 0.467 e. The molecule has 0 amide bonds. The first kappa shape index (κ1) is 12.3. The lowest BCUT2D eigenvalue weighted by atomic mass is 10.2. The van der Waals surface area contributed by atoms with Crippen LogP contribution in [-0.4, -0.2) is 25.1 Å². The van der Waals surface area contributed by atoms with Crippen LogP contribution < -0.4 is 5.32 Å². The highest BCUT2D eigenvalue weighted by molar-refractivity contribution is 6.30. The number of hydrogen-bond donors (Lipinski definition) is 1. The minimum atomic E-state index is -0.844. The zero-order valence-electron chi connectivity index (χ0n) is 8.57. The summed E-state index contributed by atoms with van der Waals surface area (Å²) in [4.78, 5) is 21.5. The van der Waals surface area contributed by atoms with Crippen molar-refractivity contribution < 1.29 is 14.3 Å². The number of rotatable bonds is 4. The van der Waals surface area contributed by atoms with Crippen LogP contribution in [0.2, 0.25) is 5.02 Å². The van der Waals surface area contributed by atoms with Crippen LogP contribution >= 0.6 is 11.6 Å². The van der Waals surface area contributed by atoms with E-state index >= 15 is 0 Å². The Kier molecular flexibility index (Phi) is 4.58. The van der Waals surface area contributed by atoms with E-state index < -0.39 is 12.0 Å². The fourth-order valence-corrected chi connectivity index (χ4v) is 1.22. The molecule has 84 valence electrons. The highest BCUT2D eigenvalue weighted by atomic mass is 35.5. The summed E-state index contributed by atoms with van der Waals surface area (Å²) < 4.78 is 4.52. The van der Waals surface area contributed by atoms with Gasteiger partial charge in [-0.1, -0.05) is 11.6 Å². The molecular weight excluding hydrogens is 230 g/mol. The van der Waals surface area contributed by atoms with Crippen LogP contribution in [0.1, 0.15) is 0 Å². The van der Waals surface area contributed by atoms with Crippen LogP contribution in [0.25, 0.3) is 0 Å². The van der Waals surface area contributed by atoms with Crippen molar-refractivity contribution in [3.63, 3.8) is 0 Å². The average molecular weight is 240 g/mol. The molecule has 0 aromatic heterocycles. The van der Waals surface area contributed by atoms with E-state index in [2.05, 4.69) is 10.1 Å². The van der Waals surface area contributed by atoms with Crippen molar-refractivity contribution in [1.29, 1.82) is 0 Å². The second-order valence-corrected chi connectivity index (χ2v) is 3.37. The van der Waals surface area contributed by atoms with E-state index in [1.807, 2.05) is 0 Å². The highest BCUT2D eigenvalue weighted by Gasteiger charge is 2.15. The van der Waals surface area contributed by atoms with Gasteiger partial charge in [0.15, 0.2) is 6.04 Å². The number of hydrogen-bond acceptors (Lipinski definition) is 4. The third-order valence-corrected chi connectivity index (χ3v) is 2.11. The first-order valence-electron chi connectivity index (χ1n) is 4.48. The molecule has 0 saturated carbocycles. The fraction of sp³-hybridized carbons (Fsp3) is 0.182. The predicted molar refractivity (Wildman–Crippen MR) is 61.1 cm³/mol. The molecule has 0 unspecified atom stereocenters. The Morgan fingerprint density at radius 1 is 1.50 bits per heavy atom. The molecule has 16 heavy (non-hydrogen) atoms. The van der Waals surface area contributed by atoms with Crippen LogP contribution in [0.5, 0.6) is 0 Å². The van der Waals surface area contributed by atoms with E-state index in [0.717, 1.165) is 6.08 Å². The van der Waals surface area contributed by atoms with E-state index in [4.69, 9.17) is 11.6 Å². The number of carbonyl (C=O) groups excluding carboxylic acids is 2. The maximum Gasteiger partial charge on any atom is 0.333 e. The van der Waals surface area contributed by atoms with E-state index in [1.54, 1.807) is 30.2 Å². The van der Waals surface area contributed by atoms with Crippen molar-refractivity contribution >= 4 is 29.2 Å². The van der Waals surface area contributed by atoms with Crippen molar-refractivity contribution in [2.24, 2.45) is 0 Å². The van der Waals surface area contributed by atoms with Gasteiger partial charge in [0.1, 0.15) is 5.94 Å². The van der Waals surface area contributed by atoms with E-state index in [0.29, 0.717) is 10.7 Å². The number of ether oxygens (including phenoxy) is 1. The Balaban J connectivity index is 2.79. The van der Waals surface area contributed by atoms with E-state index in [1.165, 1.54) is 7.11 Å². The highest BCUT2D eigenvalue weighted by Crippen LogP contribution is 2.14. The summed E-state index contributed by atoms with van der Waals surface area (Å²) in [7, 11) is 1.25. The summed E-state index contributed by atoms with van der Waals surface area (Å²) in [5, 5.41) is 3.40. The minimum Gasteiger partial charge on any atom is -0.467 e. The molecular formula is C11H10ClNO3. The monoisotopic (exact) mass is 239 g/mol. The van der Waals surface area contributed by atoms with Gasteiger partial charge in [0, 0.05) is 16.8 Å². The van der Waals surface area contributed by atoms with Gasteiger partial charge in [-0.05, 0) is 24.3 Å². The van der Waals surface area contributed by atoms with E-state index in [-0.39, 0.29) is 0 Å². The molecule has 0 saturated heterocycles. The predicted octanol–water partition coefficient (Wildman–Crippen LogP) is 1.68. The minimum absolute atomic E-state index is 0.557. The summed E-state index contributed by atoms with van der Waals surface area (Å²) in [5.41, 5.74) is 0.659. The van der Waals surface area contributed by atoms with Gasteiger partial charge in [0.05, 0.1) is 7.11 Å². The zero-order chi connectivity index (χ0) is 12.0. The molecule has 0 bridgehead atoms. The Bertz CT molecular complexity index is 410. The van der Waals surface area contributed by atoms with Crippen molar-refractivity contribution in [3.8, 4) is 0 Å². The van der Waals surface area contributed by atoms with Crippen LogP contribution in [-0.2, 0) is 14.3 Å². The molecule has 1 aromatic carbocycles. The molecule has 4 nitrogen and oxygen atoms in total. The van der Waals surface area contributed by atoms with Crippen molar-refractivity contribution in [2.75, 3.05) is 12.4 Å². The summed E-state index contributed by atoms with van der Waals surface area (Å²) in [5.74, 6) is 0.993. The number of esters is 1. The van der Waals surface area contributed by atoms with Crippen molar-refractivity contribution in [3.05, 3.63) is 35.4 Å². The smallest absolute Gasteiger partial charge is 0.333 e. The maximum absolute atomic E-state index is 11.3. The number of nitrogens with one attached hydrogen (secondary N) is 1. The van der Waals surface area contributed by atoms with Crippen LogP contribution in [0, 0.1) is 0 Å². The molecule has 1 atom stereocenters. The molecule has 0 radical (unpaired) electrons. The molecule has 1 aromatic rings. The summed E-state index contributed by atoms with van der Waals surface area (Å²) >= 11 is 5.71. The number of carbonyl (C=O) groups is 1. The standard InChI is InChI=1S/C11H10ClNO3/c1-16-11(15)10(6-7-14)13-9-4-2-8(12)3-5-9/h2-6,10,13H,1H3/t10-/m0/s1. The molecule has 0 fully saturated rings. The maximum atomic E-state index is 11.3. The lowest BCUT2D eigenvalue weighted by Gasteiger charge is -2.12. The SMILES string of the molecule is COC(=O)[C@H](C=C=O)Nc1ccc(Cl)cc1. The summed E-state index contributed by atoms with van der Waals surface area (Å²) in [6.45, 7) is 0. The molecule has 5 heteroatoms. The molecule has 1 N–H and O–H groups in total. The molecule has 0 spiro atoms. The van der Waals surface area contributed by atoms with Crippen LogP contribution in [0.4, 0.5) is 5.69 Å². The molecule has 0 aliphatic heterocycles. The third-order valence-electron chi connectivity index (χ3n) is 1.86. The van der Waals surface area contributed by atoms with Gasteiger partial charge in [-0.25, -0.2) is 9.59 Å². The Morgan fingerprint density at radius 2 is 2.12 bits per heavy atom. The zero-order valence-corrected chi connectivity index (χ0v) is 9.32. The number of halogens is 1. The summed E-state index contributed by atoms with van der Waals surface area (Å²) in [6.07, 6.45) is 1.06. The first-order valence-corrected chi connectivity index (χ1v) is 4.86. The van der Waals surface area contributed by atoms with Crippen molar-refractivity contribution in [2.45, 2.75) is 6.04 Å². The second kappa shape index (κ2) is 5.95. The van der Waals surface area contributed by atoms with Crippen molar-refractivity contribution in [1.82, 2.24) is 0 Å². The normalized spacial score (nSPS) is 11.1. The lowest BCUT2D eigenvalue weighted by molar-refractivity contribution is -0.140. The molecule has 0 aliphatic rings. The van der Waals surface area contributed by atoms with Gasteiger partial charge >= 0.3 is 5.97 Å². The average Bonchev–Trinajstić information content (AvgIpc) is 2.30. The van der Waals surface area contributed by atoms with Gasteiger partial charge in [0.25, 0.3) is 0 Å². The van der Waals surface area contributed by atoms with Gasteiger partial charge in [0.2, 0.25) is 0 Å². The topological polar surface area (TPSA) is 55.4 Å². The molecule has 0 aliphatic carbocycles. The van der Waals surface area contributed by atoms with Crippen LogP contribution in [0.3, 0.4) is 0 Å². The Hall–Kier alpha value is -1.77. The lowest BCUT2D eigenvalue weighted by Crippen LogP contribution is -2.28. The number of benzene rings is 1. The van der Waals surface area contributed by atoms with Gasteiger partial charge < -0.3 is 10.1 Å². The molecule has 0 heterocycles. The van der Waals surface area contributed by atoms with Gasteiger partial charge in [-0.15, -0.1) is 0 Å². The molecule has 1 rings (SSSR count). The Morgan fingerprint density at radius 3 is 2.62 bits per heavy atom. The van der Waals surface area contributed by atoms with Gasteiger partial charge in [-0.3, -0.25) is 0 Å².